The lowest BCUT2D eigenvalue weighted by Gasteiger charge is -2.21. The zero-order valence-corrected chi connectivity index (χ0v) is 18.2. The molecule has 1 unspecified atom stereocenters. The van der Waals surface area contributed by atoms with Crippen LogP contribution in [0.15, 0.2) is 51.7 Å². The Kier molecular flexibility index (Phi) is 7.65. The Bertz CT molecular complexity index is 913. The number of likely N-dealkylation sites (tertiary alicyclic amines) is 1. The molecule has 0 radical (unpaired) electrons. The van der Waals surface area contributed by atoms with Crippen molar-refractivity contribution < 1.29 is 13.2 Å². The number of nitrogens with zero attached hydrogens (tertiary/aromatic N) is 2. The van der Waals surface area contributed by atoms with E-state index in [1.54, 1.807) is 6.07 Å². The summed E-state index contributed by atoms with van der Waals surface area (Å²) in [4.78, 5) is 7.80. The summed E-state index contributed by atoms with van der Waals surface area (Å²) in [6, 6.07) is 13.5. The fourth-order valence-corrected chi connectivity index (χ4v) is 4.96. The second-order valence-corrected chi connectivity index (χ2v) is 9.99. The van der Waals surface area contributed by atoms with Crippen LogP contribution in [0.1, 0.15) is 23.8 Å². The normalized spacial score (nSPS) is 17.7. The molecule has 2 heterocycles. The quantitative estimate of drug-likeness (QED) is 0.489. The molecule has 2 aromatic rings. The Morgan fingerprint density at radius 1 is 1.31 bits per heavy atom. The lowest BCUT2D eigenvalue weighted by atomic mass is 10.1. The zero-order valence-electron chi connectivity index (χ0n) is 16.6. The third kappa shape index (κ3) is 6.53. The zero-order chi connectivity index (χ0) is 20.7. The van der Waals surface area contributed by atoms with Crippen molar-refractivity contribution >= 4 is 27.3 Å². The molecule has 7 nitrogen and oxygen atoms in total. The molecule has 3 N–H and O–H groups in total. The van der Waals surface area contributed by atoms with Crippen molar-refractivity contribution in [3.05, 3.63) is 52.9 Å². The largest absolute Gasteiger partial charge is 0.376 e. The van der Waals surface area contributed by atoms with Crippen LogP contribution in [-0.2, 0) is 27.9 Å². The first-order valence-corrected chi connectivity index (χ1v) is 12.1. The predicted octanol–water partition coefficient (Wildman–Crippen LogP) is 2.40. The van der Waals surface area contributed by atoms with Crippen LogP contribution in [0.4, 0.5) is 0 Å². The summed E-state index contributed by atoms with van der Waals surface area (Å²) in [6.07, 6.45) is 1.06. The molecule has 0 spiro atoms. The number of sulfonamides is 1. The van der Waals surface area contributed by atoms with Gasteiger partial charge in [-0.3, -0.25) is 0 Å². The Labute approximate surface area is 176 Å². The van der Waals surface area contributed by atoms with Gasteiger partial charge in [-0.1, -0.05) is 30.3 Å². The number of hydrogen-bond acceptors (Lipinski definition) is 5. The smallest absolute Gasteiger partial charge is 0.247 e. The number of benzene rings is 1. The number of guanidine groups is 1. The van der Waals surface area contributed by atoms with Crippen molar-refractivity contribution in [1.29, 1.82) is 0 Å². The number of hydrogen-bond donors (Lipinski definition) is 2. The van der Waals surface area contributed by atoms with Crippen LogP contribution in [0, 0.1) is 5.92 Å². The average Bonchev–Trinajstić information content (AvgIpc) is 3.36. The molecule has 0 bridgehead atoms. The van der Waals surface area contributed by atoms with E-state index in [0.717, 1.165) is 43.5 Å². The predicted molar refractivity (Wildman–Crippen MR) is 116 cm³/mol. The molecular formula is C20H28N4O3S2. The van der Waals surface area contributed by atoms with Gasteiger partial charge in [0.1, 0.15) is 4.21 Å². The lowest BCUT2D eigenvalue weighted by Crippen LogP contribution is -2.40. The molecule has 1 aliphatic rings. The molecule has 0 saturated carbocycles. The summed E-state index contributed by atoms with van der Waals surface area (Å²) in [5.74, 6) is 1.32. The Hall–Kier alpha value is -1.94. The molecular weight excluding hydrogens is 408 g/mol. The van der Waals surface area contributed by atoms with Crippen molar-refractivity contribution in [3.63, 3.8) is 0 Å². The summed E-state index contributed by atoms with van der Waals surface area (Å²) in [6.45, 7) is 6.43. The summed E-state index contributed by atoms with van der Waals surface area (Å²) >= 11 is 1.17. The number of rotatable bonds is 8. The molecule has 1 aromatic carbocycles. The number of nitrogens with one attached hydrogen (secondary N) is 1. The monoisotopic (exact) mass is 436 g/mol. The Balaban J connectivity index is 1.52. The number of aliphatic imine (C=N–C) groups is 1. The minimum absolute atomic E-state index is 0.171. The average molecular weight is 437 g/mol. The summed E-state index contributed by atoms with van der Waals surface area (Å²) < 4.78 is 28.9. The number of primary sulfonamides is 1. The van der Waals surface area contributed by atoms with Crippen molar-refractivity contribution in [1.82, 2.24) is 10.2 Å². The van der Waals surface area contributed by atoms with Crippen LogP contribution < -0.4 is 10.5 Å². The van der Waals surface area contributed by atoms with Gasteiger partial charge in [-0.05, 0) is 31.0 Å². The first kappa shape index (κ1) is 21.8. The maximum Gasteiger partial charge on any atom is 0.247 e. The fourth-order valence-electron chi connectivity index (χ4n) is 3.25. The number of ether oxygens (including phenoxy) is 1. The minimum Gasteiger partial charge on any atom is -0.376 e. The number of thiophene rings is 1. The van der Waals surface area contributed by atoms with Gasteiger partial charge in [-0.15, -0.1) is 11.3 Å². The molecule has 158 valence electrons. The van der Waals surface area contributed by atoms with E-state index in [-0.39, 0.29) is 4.21 Å². The topological polar surface area (TPSA) is 97.0 Å². The molecule has 1 atom stereocenters. The SMILES string of the molecule is CCNC(=NCc1ccc(S(N)(=O)=O)s1)N1CCC(COCc2ccccc2)C1. The molecule has 3 rings (SSSR count). The van der Waals surface area contributed by atoms with E-state index in [9.17, 15) is 8.42 Å². The van der Waals surface area contributed by atoms with Gasteiger partial charge < -0.3 is 15.0 Å². The maximum atomic E-state index is 11.4. The van der Waals surface area contributed by atoms with Gasteiger partial charge in [0.2, 0.25) is 10.0 Å². The highest BCUT2D eigenvalue weighted by molar-refractivity contribution is 7.91. The second-order valence-electron chi connectivity index (χ2n) is 7.04. The molecule has 1 aliphatic heterocycles. The number of nitrogens with two attached hydrogens (primary N) is 1. The van der Waals surface area contributed by atoms with Gasteiger partial charge in [0.15, 0.2) is 5.96 Å². The standard InChI is InChI=1S/C20H28N4O3S2/c1-2-22-20(23-12-18-8-9-19(28-18)29(21,25)26)24-11-10-17(13-24)15-27-14-16-6-4-3-5-7-16/h3-9,17H,2,10-15H2,1H3,(H,22,23)(H2,21,25,26). The first-order valence-electron chi connectivity index (χ1n) is 9.72. The van der Waals surface area contributed by atoms with Gasteiger partial charge in [-0.2, -0.15) is 0 Å². The van der Waals surface area contributed by atoms with Gasteiger partial charge in [-0.25, -0.2) is 18.5 Å². The Morgan fingerprint density at radius 2 is 2.10 bits per heavy atom. The van der Waals surface area contributed by atoms with E-state index < -0.39 is 10.0 Å². The molecule has 1 fully saturated rings. The van der Waals surface area contributed by atoms with Crippen molar-refractivity contribution in [3.8, 4) is 0 Å². The summed E-state index contributed by atoms with van der Waals surface area (Å²) in [7, 11) is -3.65. The molecule has 0 aliphatic carbocycles. The van der Waals surface area contributed by atoms with E-state index in [0.29, 0.717) is 19.1 Å². The first-order chi connectivity index (χ1) is 14.0. The Morgan fingerprint density at radius 3 is 2.79 bits per heavy atom. The van der Waals surface area contributed by atoms with Gasteiger partial charge in [0, 0.05) is 30.4 Å². The van der Waals surface area contributed by atoms with Gasteiger partial charge in [0.25, 0.3) is 0 Å². The van der Waals surface area contributed by atoms with Crippen LogP contribution in [0.2, 0.25) is 0 Å². The van der Waals surface area contributed by atoms with Crippen LogP contribution in [0.5, 0.6) is 0 Å². The highest BCUT2D eigenvalue weighted by Gasteiger charge is 2.25. The van der Waals surface area contributed by atoms with E-state index in [1.165, 1.54) is 23.0 Å². The third-order valence-corrected chi connectivity index (χ3v) is 7.20. The van der Waals surface area contributed by atoms with Crippen molar-refractivity contribution in [2.45, 2.75) is 30.7 Å². The van der Waals surface area contributed by atoms with Crippen molar-refractivity contribution in [2.24, 2.45) is 16.0 Å². The molecule has 1 aromatic heterocycles. The molecule has 1 saturated heterocycles. The van der Waals surface area contributed by atoms with Gasteiger partial charge in [0.05, 0.1) is 19.8 Å². The molecule has 9 heteroatoms. The third-order valence-electron chi connectivity index (χ3n) is 4.69. The van der Waals surface area contributed by atoms with E-state index in [1.807, 2.05) is 25.1 Å². The lowest BCUT2D eigenvalue weighted by molar-refractivity contribution is 0.0906. The van der Waals surface area contributed by atoms with Crippen LogP contribution in [0.25, 0.3) is 0 Å². The highest BCUT2D eigenvalue weighted by atomic mass is 32.2. The second kappa shape index (κ2) is 10.2. The highest BCUT2D eigenvalue weighted by Crippen LogP contribution is 2.22. The fraction of sp³-hybridized carbons (Fsp3) is 0.450. The van der Waals surface area contributed by atoms with Crippen molar-refractivity contribution in [2.75, 3.05) is 26.2 Å². The summed E-state index contributed by atoms with van der Waals surface area (Å²) in [5.41, 5.74) is 1.19. The van der Waals surface area contributed by atoms with Crippen LogP contribution >= 0.6 is 11.3 Å². The van der Waals surface area contributed by atoms with E-state index in [4.69, 9.17) is 9.88 Å². The summed E-state index contributed by atoms with van der Waals surface area (Å²) in [5, 5.41) is 8.51. The maximum absolute atomic E-state index is 11.4. The van der Waals surface area contributed by atoms with Crippen LogP contribution in [-0.4, -0.2) is 45.5 Å². The van der Waals surface area contributed by atoms with Gasteiger partial charge >= 0.3 is 0 Å². The molecule has 29 heavy (non-hydrogen) atoms. The minimum atomic E-state index is -3.65. The van der Waals surface area contributed by atoms with Crippen LogP contribution in [0.3, 0.4) is 0 Å². The van der Waals surface area contributed by atoms with E-state index in [2.05, 4.69) is 27.3 Å². The molecule has 0 amide bonds. The van der Waals surface area contributed by atoms with E-state index >= 15 is 0 Å².